The summed E-state index contributed by atoms with van der Waals surface area (Å²) < 4.78 is 16.0. The van der Waals surface area contributed by atoms with Crippen LogP contribution < -0.4 is 5.11 Å². The molecule has 0 aliphatic heterocycles. The summed E-state index contributed by atoms with van der Waals surface area (Å²) in [5, 5.41) is 21.2. The second kappa shape index (κ2) is 41.8. The molecule has 1 N–H and O–H groups in total. The average Bonchev–Trinajstić information content (AvgIpc) is 3.19. The first-order chi connectivity index (χ1) is 28.2. The van der Waals surface area contributed by atoms with Gasteiger partial charge < -0.3 is 33.7 Å². The molecule has 0 fully saturated rings. The van der Waals surface area contributed by atoms with Gasteiger partial charge in [-0.1, -0.05) is 168 Å². The van der Waals surface area contributed by atoms with Crippen molar-refractivity contribution in [3.8, 4) is 0 Å². The van der Waals surface area contributed by atoms with E-state index in [2.05, 4.69) is 104 Å². The number of allylic oxidation sites excluding steroid dienone is 16. The molecule has 0 amide bonds. The van der Waals surface area contributed by atoms with Crippen molar-refractivity contribution in [1.29, 1.82) is 0 Å². The Kier molecular flexibility index (Phi) is 39.5. The van der Waals surface area contributed by atoms with Gasteiger partial charge in [-0.15, -0.1) is 0 Å². The predicted octanol–water partition coefficient (Wildman–Crippen LogP) is 10.8. The maximum absolute atomic E-state index is 12.0. The fraction of sp³-hybridized carbons (Fsp3) is 0.640. The normalized spacial score (nSPS) is 14.0. The van der Waals surface area contributed by atoms with Crippen LogP contribution in [0.3, 0.4) is 0 Å². The molecule has 0 aromatic rings. The van der Waals surface area contributed by atoms with Crippen molar-refractivity contribution < 1.29 is 38.5 Å². The van der Waals surface area contributed by atoms with Crippen LogP contribution in [0.4, 0.5) is 0 Å². The van der Waals surface area contributed by atoms with Crippen molar-refractivity contribution in [2.45, 2.75) is 161 Å². The molecular formula is C50H83NO7. The zero-order valence-corrected chi connectivity index (χ0v) is 37.1. The number of likely N-dealkylation sites (N-methyl/N-ethyl adjacent to an activating group) is 1. The van der Waals surface area contributed by atoms with Crippen molar-refractivity contribution in [2.24, 2.45) is 0 Å². The lowest BCUT2D eigenvalue weighted by molar-refractivity contribution is -0.870. The van der Waals surface area contributed by atoms with E-state index in [9.17, 15) is 19.8 Å². The number of quaternary nitrogens is 1. The minimum atomic E-state index is -1.58. The molecule has 0 aromatic carbocycles. The van der Waals surface area contributed by atoms with E-state index in [-0.39, 0.29) is 25.8 Å². The van der Waals surface area contributed by atoms with Gasteiger partial charge in [-0.25, -0.2) is 0 Å². The summed E-state index contributed by atoms with van der Waals surface area (Å²) in [5.41, 5.74) is 0. The Morgan fingerprint density at radius 1 is 0.534 bits per heavy atom. The monoisotopic (exact) mass is 810 g/mol. The molecule has 0 aliphatic rings. The van der Waals surface area contributed by atoms with Crippen molar-refractivity contribution in [1.82, 2.24) is 0 Å². The summed E-state index contributed by atoms with van der Waals surface area (Å²) in [6.07, 6.45) is 57.3. The van der Waals surface area contributed by atoms with E-state index in [1.807, 2.05) is 21.1 Å². The van der Waals surface area contributed by atoms with Crippen LogP contribution in [-0.2, 0) is 23.8 Å². The highest BCUT2D eigenvalue weighted by Crippen LogP contribution is 2.13. The lowest BCUT2D eigenvalue weighted by atomic mass is 10.0. The van der Waals surface area contributed by atoms with Crippen LogP contribution in [0.5, 0.6) is 0 Å². The number of carboxylic acids is 1. The molecule has 0 saturated heterocycles. The van der Waals surface area contributed by atoms with Crippen LogP contribution in [0.1, 0.15) is 148 Å². The van der Waals surface area contributed by atoms with E-state index in [0.29, 0.717) is 17.4 Å². The summed E-state index contributed by atoms with van der Waals surface area (Å²) in [6, 6.07) is 0. The van der Waals surface area contributed by atoms with Crippen LogP contribution in [0.2, 0.25) is 0 Å². The van der Waals surface area contributed by atoms with Crippen LogP contribution >= 0.6 is 0 Å². The quantitative estimate of drug-likeness (QED) is 0.0216. The number of ether oxygens (including phenoxy) is 3. The fourth-order valence-corrected chi connectivity index (χ4v) is 5.61. The Hall–Kier alpha value is -3.30. The number of rotatable bonds is 40. The van der Waals surface area contributed by atoms with Gasteiger partial charge in [0.1, 0.15) is 19.3 Å². The Morgan fingerprint density at radius 2 is 0.914 bits per heavy atom. The lowest BCUT2D eigenvalue weighted by Crippen LogP contribution is -2.44. The zero-order valence-electron chi connectivity index (χ0n) is 37.1. The molecule has 8 nitrogen and oxygen atoms in total. The fourth-order valence-electron chi connectivity index (χ4n) is 5.61. The van der Waals surface area contributed by atoms with Crippen molar-refractivity contribution in [2.75, 3.05) is 47.5 Å². The van der Waals surface area contributed by atoms with Crippen molar-refractivity contribution in [3.05, 3.63) is 97.2 Å². The van der Waals surface area contributed by atoms with Gasteiger partial charge in [-0.3, -0.25) is 4.79 Å². The SMILES string of the molecule is CC/C=C\C/C=C\C/C=C\C/C=C\C/C=C\C/C=C\C/C=C\C/C=C\CCCCCCCCCCCCCCC(=O)OCC(O)COC(OCC[N+](C)(C)C)C(=O)[O-]. The first-order valence-electron chi connectivity index (χ1n) is 22.4. The van der Waals surface area contributed by atoms with Gasteiger partial charge in [-0.05, 0) is 70.6 Å². The summed E-state index contributed by atoms with van der Waals surface area (Å²) in [5.74, 6) is -1.88. The van der Waals surface area contributed by atoms with E-state index in [1.54, 1.807) is 0 Å². The molecule has 0 heterocycles. The average molecular weight is 810 g/mol. The third-order valence-electron chi connectivity index (χ3n) is 9.08. The number of carbonyl (C=O) groups is 2. The van der Waals surface area contributed by atoms with Crippen molar-refractivity contribution in [3.63, 3.8) is 0 Å². The van der Waals surface area contributed by atoms with E-state index in [4.69, 9.17) is 14.2 Å². The van der Waals surface area contributed by atoms with Gasteiger partial charge in [0.25, 0.3) is 0 Å². The molecule has 0 saturated carbocycles. The highest BCUT2D eigenvalue weighted by molar-refractivity contribution is 5.69. The highest BCUT2D eigenvalue weighted by atomic mass is 16.7. The van der Waals surface area contributed by atoms with Gasteiger partial charge in [-0.2, -0.15) is 0 Å². The maximum atomic E-state index is 12.0. The minimum absolute atomic E-state index is 0.166. The van der Waals surface area contributed by atoms with Gasteiger partial charge in [0.2, 0.25) is 0 Å². The molecule has 0 radical (unpaired) electrons. The Balaban J connectivity index is 3.55. The molecule has 8 heteroatoms. The lowest BCUT2D eigenvalue weighted by Gasteiger charge is -2.26. The second-order valence-electron chi connectivity index (χ2n) is 15.8. The molecule has 0 aliphatic carbocycles. The molecule has 58 heavy (non-hydrogen) atoms. The Labute approximate surface area is 354 Å². The van der Waals surface area contributed by atoms with Crippen LogP contribution in [-0.4, -0.2) is 81.4 Å². The number of carbonyl (C=O) groups excluding carboxylic acids is 2. The number of aliphatic carboxylic acids is 1. The third kappa shape index (κ3) is 43.8. The van der Waals surface area contributed by atoms with E-state index >= 15 is 0 Å². The number of hydrogen-bond acceptors (Lipinski definition) is 7. The Morgan fingerprint density at radius 3 is 1.31 bits per heavy atom. The van der Waals surface area contributed by atoms with E-state index in [1.165, 1.54) is 64.2 Å². The maximum Gasteiger partial charge on any atom is 0.305 e. The first-order valence-corrected chi connectivity index (χ1v) is 22.4. The van der Waals surface area contributed by atoms with Gasteiger partial charge in [0, 0.05) is 6.42 Å². The molecule has 0 spiro atoms. The molecule has 0 rings (SSSR count). The number of carboxylic acid groups (broad SMARTS) is 1. The van der Waals surface area contributed by atoms with Gasteiger partial charge in [0.05, 0.1) is 40.3 Å². The highest BCUT2D eigenvalue weighted by Gasteiger charge is 2.17. The van der Waals surface area contributed by atoms with Crippen LogP contribution in [0.15, 0.2) is 97.2 Å². The summed E-state index contributed by atoms with van der Waals surface area (Å²) >= 11 is 0. The second-order valence-corrected chi connectivity index (χ2v) is 15.8. The number of hydrogen-bond donors (Lipinski definition) is 1. The smallest absolute Gasteiger partial charge is 0.305 e. The molecule has 0 aromatic heterocycles. The number of nitrogens with zero attached hydrogens (tertiary/aromatic N) is 1. The number of aliphatic hydroxyl groups excluding tert-OH is 1. The predicted molar refractivity (Wildman–Crippen MR) is 241 cm³/mol. The zero-order chi connectivity index (χ0) is 42.6. The standard InChI is InChI=1S/C50H83NO7/c1-5-6-7-8-9-10-11-12-13-14-15-16-17-18-19-20-21-22-23-24-25-26-27-28-29-30-31-32-33-34-35-36-37-38-39-40-41-42-48(53)57-45-47(52)46-58-50(49(54)55)56-44-43-51(2,3)4/h6-7,9-10,12-13,15-16,18-19,21-22,24-25,27-28,47,50,52H,5,8,11,14,17,20,23,26,29-46H2,1-4H3/b7-6-,10-9-,13-12-,16-15-,19-18-,22-21-,25-24-,28-27-. The molecule has 0 bridgehead atoms. The van der Waals surface area contributed by atoms with Gasteiger partial charge in [0.15, 0.2) is 6.29 Å². The summed E-state index contributed by atoms with van der Waals surface area (Å²) in [6.45, 7) is 2.33. The van der Waals surface area contributed by atoms with E-state index in [0.717, 1.165) is 70.6 Å². The molecule has 2 atom stereocenters. The minimum Gasteiger partial charge on any atom is -0.545 e. The Bertz CT molecular complexity index is 1200. The first kappa shape index (κ1) is 54.7. The largest absolute Gasteiger partial charge is 0.545 e. The number of aliphatic hydroxyl groups is 1. The summed E-state index contributed by atoms with van der Waals surface area (Å²) in [4.78, 5) is 23.2. The van der Waals surface area contributed by atoms with E-state index < -0.39 is 18.4 Å². The molecule has 2 unspecified atom stereocenters. The van der Waals surface area contributed by atoms with Gasteiger partial charge >= 0.3 is 5.97 Å². The number of unbranched alkanes of at least 4 members (excludes halogenated alkanes) is 12. The van der Waals surface area contributed by atoms with Crippen LogP contribution in [0.25, 0.3) is 0 Å². The molecule has 330 valence electrons. The topological polar surface area (TPSA) is 105 Å². The molecular weight excluding hydrogens is 727 g/mol. The van der Waals surface area contributed by atoms with Crippen LogP contribution in [0, 0.1) is 0 Å². The third-order valence-corrected chi connectivity index (χ3v) is 9.08. The van der Waals surface area contributed by atoms with Crippen molar-refractivity contribution >= 4 is 11.9 Å². The summed E-state index contributed by atoms with van der Waals surface area (Å²) in [7, 11) is 5.87. The number of esters is 1.